The number of nitro benzene ring substituents is 1. The van der Waals surface area contributed by atoms with Crippen molar-refractivity contribution in [3.05, 3.63) is 64.7 Å². The number of para-hydroxylation sites is 3. The highest BCUT2D eigenvalue weighted by molar-refractivity contribution is 5.85. The molecule has 9 heteroatoms. The van der Waals surface area contributed by atoms with Gasteiger partial charge in [0.25, 0.3) is 5.91 Å². The molecule has 29 heavy (non-hydrogen) atoms. The van der Waals surface area contributed by atoms with Crippen molar-refractivity contribution in [1.82, 2.24) is 10.2 Å². The molecule has 0 unspecified atom stereocenters. The SMILES string of the molecule is O=C(COc1ccccc1[N+](=O)[O-])NCC(=O)N1CCN(c2ccccc2)CC1. The quantitative estimate of drug-likeness (QED) is 0.559. The number of nitrogens with zero attached hydrogens (tertiary/aromatic N) is 3. The Balaban J connectivity index is 1.41. The van der Waals surface area contributed by atoms with E-state index in [1.807, 2.05) is 30.3 Å². The maximum Gasteiger partial charge on any atom is 0.310 e. The van der Waals surface area contributed by atoms with Gasteiger partial charge in [-0.2, -0.15) is 0 Å². The Morgan fingerprint density at radius 3 is 2.34 bits per heavy atom. The molecule has 152 valence electrons. The van der Waals surface area contributed by atoms with Crippen molar-refractivity contribution >= 4 is 23.2 Å². The molecule has 0 bridgehead atoms. The number of anilines is 1. The van der Waals surface area contributed by atoms with E-state index in [0.29, 0.717) is 13.1 Å². The van der Waals surface area contributed by atoms with Gasteiger partial charge in [0.1, 0.15) is 0 Å². The van der Waals surface area contributed by atoms with Gasteiger partial charge < -0.3 is 19.9 Å². The van der Waals surface area contributed by atoms with E-state index < -0.39 is 17.4 Å². The molecule has 1 aliphatic heterocycles. The van der Waals surface area contributed by atoms with Crippen LogP contribution in [0.2, 0.25) is 0 Å². The highest BCUT2D eigenvalue weighted by Crippen LogP contribution is 2.25. The minimum absolute atomic E-state index is 0.0102. The van der Waals surface area contributed by atoms with E-state index in [0.717, 1.165) is 18.8 Å². The molecule has 0 atom stereocenters. The van der Waals surface area contributed by atoms with Crippen molar-refractivity contribution < 1.29 is 19.2 Å². The third-order valence-corrected chi connectivity index (χ3v) is 4.61. The normalized spacial score (nSPS) is 13.7. The van der Waals surface area contributed by atoms with E-state index in [1.165, 1.54) is 18.2 Å². The van der Waals surface area contributed by atoms with E-state index >= 15 is 0 Å². The van der Waals surface area contributed by atoms with Crippen LogP contribution >= 0.6 is 0 Å². The van der Waals surface area contributed by atoms with Crippen molar-refractivity contribution in [3.8, 4) is 5.75 Å². The summed E-state index contributed by atoms with van der Waals surface area (Å²) in [5.41, 5.74) is 0.910. The number of rotatable bonds is 7. The third-order valence-electron chi connectivity index (χ3n) is 4.61. The molecule has 9 nitrogen and oxygen atoms in total. The summed E-state index contributed by atoms with van der Waals surface area (Å²) in [6.07, 6.45) is 0. The average molecular weight is 398 g/mol. The van der Waals surface area contributed by atoms with Crippen molar-refractivity contribution in [2.45, 2.75) is 0 Å². The highest BCUT2D eigenvalue weighted by Gasteiger charge is 2.21. The average Bonchev–Trinajstić information content (AvgIpc) is 2.77. The molecule has 2 aromatic rings. The minimum Gasteiger partial charge on any atom is -0.477 e. The van der Waals surface area contributed by atoms with Crippen LogP contribution in [-0.2, 0) is 9.59 Å². The number of carbonyl (C=O) groups excluding carboxylic acids is 2. The van der Waals surface area contributed by atoms with Gasteiger partial charge in [-0.1, -0.05) is 30.3 Å². The molecule has 0 spiro atoms. The second-order valence-electron chi connectivity index (χ2n) is 6.49. The lowest BCUT2D eigenvalue weighted by Gasteiger charge is -2.36. The largest absolute Gasteiger partial charge is 0.477 e. The standard InChI is InChI=1S/C20H22N4O5/c25-19(15-29-18-9-5-4-8-17(18)24(27)28)21-14-20(26)23-12-10-22(11-13-23)16-6-2-1-3-7-16/h1-9H,10-15H2,(H,21,25). The first-order chi connectivity index (χ1) is 14.0. The Kier molecular flexibility index (Phi) is 6.62. The molecule has 1 fully saturated rings. The number of benzene rings is 2. The molecule has 0 aliphatic carbocycles. The van der Waals surface area contributed by atoms with Gasteiger partial charge in [0, 0.05) is 37.9 Å². The summed E-state index contributed by atoms with van der Waals surface area (Å²) in [6, 6.07) is 15.8. The summed E-state index contributed by atoms with van der Waals surface area (Å²) in [5.74, 6) is -0.674. The molecule has 2 aromatic carbocycles. The first-order valence-corrected chi connectivity index (χ1v) is 9.25. The molecular formula is C20H22N4O5. The Morgan fingerprint density at radius 2 is 1.66 bits per heavy atom. The lowest BCUT2D eigenvalue weighted by Crippen LogP contribution is -2.51. The molecule has 2 amide bonds. The number of hydrogen-bond donors (Lipinski definition) is 1. The Labute approximate surface area is 168 Å². The maximum atomic E-state index is 12.3. The number of amides is 2. The van der Waals surface area contributed by atoms with Crippen LogP contribution in [0.1, 0.15) is 0 Å². The van der Waals surface area contributed by atoms with Crippen LogP contribution in [0.15, 0.2) is 54.6 Å². The van der Waals surface area contributed by atoms with E-state index in [9.17, 15) is 19.7 Å². The van der Waals surface area contributed by atoms with E-state index in [4.69, 9.17) is 4.74 Å². The van der Waals surface area contributed by atoms with Crippen LogP contribution in [0.4, 0.5) is 11.4 Å². The van der Waals surface area contributed by atoms with Crippen LogP contribution in [0, 0.1) is 10.1 Å². The van der Waals surface area contributed by atoms with Crippen LogP contribution in [0.5, 0.6) is 5.75 Å². The van der Waals surface area contributed by atoms with Crippen LogP contribution in [-0.4, -0.2) is 61.0 Å². The molecule has 3 rings (SSSR count). The minimum atomic E-state index is -0.578. The lowest BCUT2D eigenvalue weighted by molar-refractivity contribution is -0.385. The van der Waals surface area contributed by atoms with Gasteiger partial charge >= 0.3 is 5.69 Å². The van der Waals surface area contributed by atoms with Gasteiger partial charge in [-0.25, -0.2) is 0 Å². The van der Waals surface area contributed by atoms with Crippen molar-refractivity contribution in [1.29, 1.82) is 0 Å². The van der Waals surface area contributed by atoms with Gasteiger partial charge in [0.05, 0.1) is 11.5 Å². The first kappa shape index (κ1) is 20.1. The van der Waals surface area contributed by atoms with Crippen LogP contribution in [0.25, 0.3) is 0 Å². The zero-order valence-electron chi connectivity index (χ0n) is 15.8. The number of carbonyl (C=O) groups is 2. The van der Waals surface area contributed by atoms with E-state index in [-0.39, 0.29) is 23.9 Å². The number of piperazine rings is 1. The molecule has 0 saturated carbocycles. The Morgan fingerprint density at radius 1 is 1.00 bits per heavy atom. The molecule has 1 saturated heterocycles. The predicted molar refractivity (Wildman–Crippen MR) is 107 cm³/mol. The lowest BCUT2D eigenvalue weighted by atomic mass is 10.2. The third kappa shape index (κ3) is 5.44. The summed E-state index contributed by atoms with van der Waals surface area (Å²) < 4.78 is 5.22. The summed E-state index contributed by atoms with van der Waals surface area (Å²) >= 11 is 0. The number of ether oxygens (including phenoxy) is 1. The number of hydrogen-bond acceptors (Lipinski definition) is 6. The van der Waals surface area contributed by atoms with Gasteiger partial charge in [0.15, 0.2) is 12.4 Å². The van der Waals surface area contributed by atoms with E-state index in [1.54, 1.807) is 11.0 Å². The first-order valence-electron chi connectivity index (χ1n) is 9.25. The summed E-state index contributed by atoms with van der Waals surface area (Å²) in [5, 5.41) is 13.4. The van der Waals surface area contributed by atoms with Crippen LogP contribution < -0.4 is 15.0 Å². The zero-order chi connectivity index (χ0) is 20.6. The Hall–Kier alpha value is -3.62. The summed E-state index contributed by atoms with van der Waals surface area (Å²) in [7, 11) is 0. The highest BCUT2D eigenvalue weighted by atomic mass is 16.6. The smallest absolute Gasteiger partial charge is 0.310 e. The second kappa shape index (κ2) is 9.54. The molecular weight excluding hydrogens is 376 g/mol. The second-order valence-corrected chi connectivity index (χ2v) is 6.49. The number of nitrogens with one attached hydrogen (secondary N) is 1. The fourth-order valence-corrected chi connectivity index (χ4v) is 3.06. The Bertz CT molecular complexity index is 866. The molecule has 0 aromatic heterocycles. The van der Waals surface area contributed by atoms with Crippen molar-refractivity contribution in [2.24, 2.45) is 0 Å². The molecule has 1 N–H and O–H groups in total. The predicted octanol–water partition coefficient (Wildman–Crippen LogP) is 1.44. The fraction of sp³-hybridized carbons (Fsp3) is 0.300. The summed E-state index contributed by atoms with van der Waals surface area (Å²) in [4.78, 5) is 38.5. The number of nitro groups is 1. The van der Waals surface area contributed by atoms with E-state index in [2.05, 4.69) is 10.2 Å². The van der Waals surface area contributed by atoms with Crippen LogP contribution in [0.3, 0.4) is 0 Å². The maximum absolute atomic E-state index is 12.3. The fourth-order valence-electron chi connectivity index (χ4n) is 3.06. The monoisotopic (exact) mass is 398 g/mol. The van der Waals surface area contributed by atoms with Gasteiger partial charge in [-0.05, 0) is 18.2 Å². The van der Waals surface area contributed by atoms with Gasteiger partial charge in [-0.3, -0.25) is 19.7 Å². The molecule has 1 aliphatic rings. The van der Waals surface area contributed by atoms with Gasteiger partial charge in [-0.15, -0.1) is 0 Å². The topological polar surface area (TPSA) is 105 Å². The molecule has 0 radical (unpaired) electrons. The van der Waals surface area contributed by atoms with Gasteiger partial charge in [0.2, 0.25) is 5.91 Å². The zero-order valence-corrected chi connectivity index (χ0v) is 15.8. The summed E-state index contributed by atoms with van der Waals surface area (Å²) in [6.45, 7) is 2.08. The van der Waals surface area contributed by atoms with Crippen molar-refractivity contribution in [3.63, 3.8) is 0 Å². The van der Waals surface area contributed by atoms with Crippen molar-refractivity contribution in [2.75, 3.05) is 44.2 Å². The molecule has 1 heterocycles.